The van der Waals surface area contributed by atoms with Gasteiger partial charge >= 0.3 is 5.97 Å². The Hall–Kier alpha value is -2.95. The van der Waals surface area contributed by atoms with Crippen molar-refractivity contribution in [3.63, 3.8) is 0 Å². The monoisotopic (exact) mass is 373 g/mol. The first kappa shape index (κ1) is 18.4. The fourth-order valence-corrected chi connectivity index (χ4v) is 4.20. The molecule has 0 aliphatic heterocycles. The Morgan fingerprint density at radius 1 is 0.964 bits per heavy atom. The van der Waals surface area contributed by atoms with E-state index in [1.54, 1.807) is 6.92 Å². The first-order valence-corrected chi connectivity index (χ1v) is 9.38. The molecule has 0 heterocycles. The average Bonchev–Trinajstić information content (AvgIpc) is 3.00. The largest absolute Gasteiger partial charge is 0.480 e. The zero-order chi connectivity index (χ0) is 19.9. The third-order valence-corrected chi connectivity index (χ3v) is 5.56. The van der Waals surface area contributed by atoms with E-state index in [4.69, 9.17) is 10.5 Å². The number of rotatable bonds is 5. The maximum atomic E-state index is 11.5. The van der Waals surface area contributed by atoms with Gasteiger partial charge in [-0.3, -0.25) is 4.79 Å². The molecule has 3 aromatic carbocycles. The lowest BCUT2D eigenvalue weighted by atomic mass is 9.83. The van der Waals surface area contributed by atoms with Gasteiger partial charge in [0.25, 0.3) is 0 Å². The van der Waals surface area contributed by atoms with Crippen LogP contribution in [0.15, 0.2) is 72.8 Å². The smallest absolute Gasteiger partial charge is 0.323 e. The van der Waals surface area contributed by atoms with Gasteiger partial charge in [0.2, 0.25) is 0 Å². The van der Waals surface area contributed by atoms with E-state index < -0.39 is 23.7 Å². The van der Waals surface area contributed by atoms with Crippen LogP contribution < -0.4 is 5.73 Å². The van der Waals surface area contributed by atoms with Crippen LogP contribution in [-0.2, 0) is 15.1 Å². The van der Waals surface area contributed by atoms with Gasteiger partial charge in [0, 0.05) is 11.1 Å². The molecule has 0 saturated carbocycles. The lowest BCUT2D eigenvalue weighted by Gasteiger charge is -2.36. The Balaban J connectivity index is 2.02. The van der Waals surface area contributed by atoms with Gasteiger partial charge in [0.15, 0.2) is 0 Å². The van der Waals surface area contributed by atoms with E-state index in [0.29, 0.717) is 0 Å². The van der Waals surface area contributed by atoms with Crippen molar-refractivity contribution in [3.05, 3.63) is 95.1 Å². The lowest BCUT2D eigenvalue weighted by Crippen LogP contribution is -2.46. The number of carboxylic acid groups (broad SMARTS) is 1. The van der Waals surface area contributed by atoms with Crippen LogP contribution in [0.5, 0.6) is 0 Å². The summed E-state index contributed by atoms with van der Waals surface area (Å²) in [6, 6.07) is 23.1. The fourth-order valence-electron chi connectivity index (χ4n) is 4.20. The molecule has 1 aliphatic rings. The molecule has 1 aliphatic carbocycles. The highest BCUT2D eigenvalue weighted by atomic mass is 16.5. The Kier molecular flexibility index (Phi) is 4.53. The molecule has 0 saturated heterocycles. The van der Waals surface area contributed by atoms with Crippen molar-refractivity contribution in [3.8, 4) is 11.1 Å². The first-order chi connectivity index (χ1) is 13.5. The van der Waals surface area contributed by atoms with E-state index in [0.717, 1.165) is 33.4 Å². The highest BCUT2D eigenvalue weighted by molar-refractivity contribution is 5.84. The normalized spacial score (nSPS) is 19.5. The van der Waals surface area contributed by atoms with E-state index in [9.17, 15) is 9.90 Å². The number of aryl methyl sites for hydroxylation is 1. The van der Waals surface area contributed by atoms with E-state index in [-0.39, 0.29) is 0 Å². The van der Waals surface area contributed by atoms with Gasteiger partial charge in [0.05, 0.1) is 6.10 Å². The number of ether oxygens (including phenoxy) is 1. The minimum atomic E-state index is -1.12. The second-order valence-electron chi connectivity index (χ2n) is 7.28. The highest BCUT2D eigenvalue weighted by Crippen LogP contribution is 2.54. The summed E-state index contributed by atoms with van der Waals surface area (Å²) >= 11 is 0. The third-order valence-electron chi connectivity index (χ3n) is 5.56. The standard InChI is InChI=1S/C24H23NO3/c1-15-9-8-14-20-21(15)18-12-6-7-13-19(18)24(20,17-10-4-3-5-11-17)28-16(2)22(25)23(26)27/h3-14,16,22H,25H2,1-2H3,(H,26,27)/t16-,22+,24?/m1/s1. The second kappa shape index (κ2) is 6.89. The summed E-state index contributed by atoms with van der Waals surface area (Å²) in [6.45, 7) is 3.81. The summed E-state index contributed by atoms with van der Waals surface area (Å²) in [7, 11) is 0. The molecular weight excluding hydrogens is 350 g/mol. The molecule has 142 valence electrons. The van der Waals surface area contributed by atoms with Crippen LogP contribution in [0, 0.1) is 6.92 Å². The molecule has 3 atom stereocenters. The SMILES string of the molecule is Cc1cccc2c1-c1ccccc1C2(O[C@H](C)[C@H](N)C(=O)O)c1ccccc1. The van der Waals surface area contributed by atoms with Gasteiger partial charge < -0.3 is 15.6 Å². The second-order valence-corrected chi connectivity index (χ2v) is 7.28. The topological polar surface area (TPSA) is 72.5 Å². The maximum Gasteiger partial charge on any atom is 0.323 e. The average molecular weight is 373 g/mol. The van der Waals surface area contributed by atoms with Crippen molar-refractivity contribution in [2.75, 3.05) is 0 Å². The Morgan fingerprint density at radius 2 is 1.61 bits per heavy atom. The van der Waals surface area contributed by atoms with Crippen molar-refractivity contribution in [2.24, 2.45) is 5.73 Å². The molecule has 4 nitrogen and oxygen atoms in total. The van der Waals surface area contributed by atoms with Crippen molar-refractivity contribution >= 4 is 5.97 Å². The number of hydrogen-bond donors (Lipinski definition) is 2. The Labute approximate surface area is 164 Å². The molecule has 0 amide bonds. The van der Waals surface area contributed by atoms with Crippen LogP contribution in [0.3, 0.4) is 0 Å². The van der Waals surface area contributed by atoms with E-state index in [1.807, 2.05) is 48.5 Å². The molecule has 4 heteroatoms. The van der Waals surface area contributed by atoms with Crippen LogP contribution in [0.1, 0.15) is 29.2 Å². The number of carboxylic acids is 1. The summed E-state index contributed by atoms with van der Waals surface area (Å²) in [5, 5.41) is 9.41. The summed E-state index contributed by atoms with van der Waals surface area (Å²) in [5.74, 6) is -1.08. The van der Waals surface area contributed by atoms with E-state index in [2.05, 4.69) is 31.2 Å². The third kappa shape index (κ3) is 2.65. The zero-order valence-electron chi connectivity index (χ0n) is 15.9. The fraction of sp³-hybridized carbons (Fsp3) is 0.208. The van der Waals surface area contributed by atoms with Gasteiger partial charge in [-0.15, -0.1) is 0 Å². The molecule has 0 fully saturated rings. The highest BCUT2D eigenvalue weighted by Gasteiger charge is 2.48. The minimum Gasteiger partial charge on any atom is -0.480 e. The predicted molar refractivity (Wildman–Crippen MR) is 109 cm³/mol. The summed E-state index contributed by atoms with van der Waals surface area (Å²) < 4.78 is 6.61. The van der Waals surface area contributed by atoms with Gasteiger partial charge in [-0.05, 0) is 36.1 Å². The maximum absolute atomic E-state index is 11.5. The van der Waals surface area contributed by atoms with Gasteiger partial charge in [-0.25, -0.2) is 0 Å². The zero-order valence-corrected chi connectivity index (χ0v) is 15.9. The molecular formula is C24H23NO3. The number of carbonyl (C=O) groups is 1. The van der Waals surface area contributed by atoms with E-state index >= 15 is 0 Å². The predicted octanol–water partition coefficient (Wildman–Crippen LogP) is 4.08. The molecule has 0 bridgehead atoms. The van der Waals surface area contributed by atoms with Crippen LogP contribution in [-0.4, -0.2) is 23.2 Å². The number of hydrogen-bond acceptors (Lipinski definition) is 3. The number of aliphatic carboxylic acids is 1. The Morgan fingerprint density at radius 3 is 2.32 bits per heavy atom. The van der Waals surface area contributed by atoms with Crippen molar-refractivity contribution in [2.45, 2.75) is 31.6 Å². The molecule has 0 radical (unpaired) electrons. The van der Waals surface area contributed by atoms with Crippen LogP contribution >= 0.6 is 0 Å². The van der Waals surface area contributed by atoms with E-state index in [1.165, 1.54) is 0 Å². The molecule has 3 N–H and O–H groups in total. The molecule has 1 unspecified atom stereocenters. The molecule has 0 aromatic heterocycles. The van der Waals surface area contributed by atoms with Gasteiger partial charge in [-0.1, -0.05) is 72.8 Å². The first-order valence-electron chi connectivity index (χ1n) is 9.38. The van der Waals surface area contributed by atoms with Gasteiger partial charge in [0.1, 0.15) is 11.6 Å². The van der Waals surface area contributed by atoms with Crippen LogP contribution in [0.25, 0.3) is 11.1 Å². The Bertz CT molecular complexity index is 1030. The lowest BCUT2D eigenvalue weighted by molar-refractivity contribution is -0.144. The van der Waals surface area contributed by atoms with Crippen molar-refractivity contribution in [1.82, 2.24) is 0 Å². The quantitative estimate of drug-likeness (QED) is 0.707. The number of fused-ring (bicyclic) bond motifs is 3. The van der Waals surface area contributed by atoms with Crippen molar-refractivity contribution in [1.29, 1.82) is 0 Å². The minimum absolute atomic E-state index is 0.697. The molecule has 4 rings (SSSR count). The van der Waals surface area contributed by atoms with Crippen LogP contribution in [0.4, 0.5) is 0 Å². The molecule has 3 aromatic rings. The number of nitrogens with two attached hydrogens (primary N) is 1. The number of benzene rings is 3. The van der Waals surface area contributed by atoms with Crippen LogP contribution in [0.2, 0.25) is 0 Å². The van der Waals surface area contributed by atoms with Gasteiger partial charge in [-0.2, -0.15) is 0 Å². The molecule has 28 heavy (non-hydrogen) atoms. The summed E-state index contributed by atoms with van der Waals surface area (Å²) in [5.41, 5.74) is 11.4. The summed E-state index contributed by atoms with van der Waals surface area (Å²) in [6.07, 6.45) is -0.697. The summed E-state index contributed by atoms with van der Waals surface area (Å²) in [4.78, 5) is 11.5. The van der Waals surface area contributed by atoms with Crippen molar-refractivity contribution < 1.29 is 14.6 Å². The molecule has 0 spiro atoms.